The summed E-state index contributed by atoms with van der Waals surface area (Å²) in [5.74, 6) is 0.0447. The van der Waals surface area contributed by atoms with Crippen LogP contribution in [0, 0.1) is 0 Å². The molecule has 110 valence electrons. The van der Waals surface area contributed by atoms with E-state index in [0.717, 1.165) is 16.1 Å². The minimum atomic E-state index is -0.128. The van der Waals surface area contributed by atoms with Crippen LogP contribution < -0.4 is 5.32 Å². The average molecular weight is 302 g/mol. The first-order valence-corrected chi connectivity index (χ1v) is 7.42. The maximum absolute atomic E-state index is 12.0. The first-order chi connectivity index (χ1) is 9.97. The third-order valence-electron chi connectivity index (χ3n) is 3.56. The highest BCUT2D eigenvalue weighted by Crippen LogP contribution is 2.23. The van der Waals surface area contributed by atoms with Crippen molar-refractivity contribution in [2.45, 2.75) is 25.7 Å². The second-order valence-corrected chi connectivity index (χ2v) is 6.27. The highest BCUT2D eigenvalue weighted by molar-refractivity contribution is 6.30. The van der Waals surface area contributed by atoms with Gasteiger partial charge in [0.2, 0.25) is 5.91 Å². The average Bonchev–Trinajstić information content (AvgIpc) is 2.47. The number of carbonyl (C=O) groups excluding carboxylic acids is 1. The Morgan fingerprint density at radius 1 is 1.05 bits per heavy atom. The summed E-state index contributed by atoms with van der Waals surface area (Å²) in [6, 6.07) is 17.5. The summed E-state index contributed by atoms with van der Waals surface area (Å²) >= 11 is 5.91. The maximum atomic E-state index is 12.0. The van der Waals surface area contributed by atoms with Crippen molar-refractivity contribution < 1.29 is 4.79 Å². The topological polar surface area (TPSA) is 29.1 Å². The van der Waals surface area contributed by atoms with E-state index >= 15 is 0 Å². The fourth-order valence-electron chi connectivity index (χ4n) is 2.17. The predicted molar refractivity (Wildman–Crippen MR) is 87.6 cm³/mol. The molecule has 1 N–H and O–H groups in total. The molecule has 0 fully saturated rings. The standard InChI is InChI=1S/C18H20ClNO/c1-18(2,15-8-10-16(19)11-9-15)13-20-17(21)12-14-6-4-3-5-7-14/h3-11H,12-13H2,1-2H3,(H,20,21). The zero-order chi connectivity index (χ0) is 15.3. The zero-order valence-corrected chi connectivity index (χ0v) is 13.2. The van der Waals surface area contributed by atoms with Gasteiger partial charge in [-0.1, -0.05) is 67.9 Å². The minimum Gasteiger partial charge on any atom is -0.355 e. The monoisotopic (exact) mass is 301 g/mol. The Balaban J connectivity index is 1.92. The van der Waals surface area contributed by atoms with E-state index in [1.54, 1.807) is 0 Å². The number of amides is 1. The Morgan fingerprint density at radius 2 is 1.67 bits per heavy atom. The lowest BCUT2D eigenvalue weighted by Gasteiger charge is -2.25. The molecule has 0 saturated heterocycles. The molecular formula is C18H20ClNO. The van der Waals surface area contributed by atoms with E-state index in [4.69, 9.17) is 11.6 Å². The van der Waals surface area contributed by atoms with Crippen LogP contribution in [0.3, 0.4) is 0 Å². The van der Waals surface area contributed by atoms with Gasteiger partial charge in [0.05, 0.1) is 6.42 Å². The Bertz CT molecular complexity index is 590. The van der Waals surface area contributed by atoms with Crippen molar-refractivity contribution in [2.75, 3.05) is 6.54 Å². The molecule has 21 heavy (non-hydrogen) atoms. The summed E-state index contributed by atoms with van der Waals surface area (Å²) in [5, 5.41) is 3.74. The summed E-state index contributed by atoms with van der Waals surface area (Å²) < 4.78 is 0. The summed E-state index contributed by atoms with van der Waals surface area (Å²) in [6.07, 6.45) is 0.414. The minimum absolute atomic E-state index is 0.0447. The van der Waals surface area contributed by atoms with Gasteiger partial charge in [0.1, 0.15) is 0 Å². The van der Waals surface area contributed by atoms with Gasteiger partial charge in [-0.15, -0.1) is 0 Å². The lowest BCUT2D eigenvalue weighted by molar-refractivity contribution is -0.120. The van der Waals surface area contributed by atoms with Gasteiger partial charge in [0, 0.05) is 17.0 Å². The Labute approximate surface area is 131 Å². The number of nitrogens with one attached hydrogen (secondary N) is 1. The molecule has 2 aromatic rings. The molecule has 0 saturated carbocycles. The van der Waals surface area contributed by atoms with Crippen LogP contribution in [0.15, 0.2) is 54.6 Å². The molecule has 1 amide bonds. The molecule has 0 heterocycles. The molecule has 0 atom stereocenters. The van der Waals surface area contributed by atoms with Crippen LogP contribution in [0.5, 0.6) is 0 Å². The van der Waals surface area contributed by atoms with Crippen LogP contribution in [0.4, 0.5) is 0 Å². The summed E-state index contributed by atoms with van der Waals surface area (Å²) in [4.78, 5) is 12.0. The molecule has 0 bridgehead atoms. The number of halogens is 1. The largest absolute Gasteiger partial charge is 0.355 e. The summed E-state index contributed by atoms with van der Waals surface area (Å²) in [5.41, 5.74) is 2.06. The summed E-state index contributed by atoms with van der Waals surface area (Å²) in [6.45, 7) is 4.82. The van der Waals surface area contributed by atoms with Crippen molar-refractivity contribution in [1.82, 2.24) is 5.32 Å². The fourth-order valence-corrected chi connectivity index (χ4v) is 2.29. The van der Waals surface area contributed by atoms with Crippen molar-refractivity contribution in [2.24, 2.45) is 0 Å². The first kappa shape index (κ1) is 15.6. The highest BCUT2D eigenvalue weighted by atomic mass is 35.5. The van der Waals surface area contributed by atoms with E-state index < -0.39 is 0 Å². The van der Waals surface area contributed by atoms with E-state index in [9.17, 15) is 4.79 Å². The molecule has 0 unspecified atom stereocenters. The van der Waals surface area contributed by atoms with Crippen LogP contribution >= 0.6 is 11.6 Å². The second kappa shape index (κ2) is 6.77. The maximum Gasteiger partial charge on any atom is 0.224 e. The Morgan fingerprint density at radius 3 is 2.29 bits per heavy atom. The number of benzene rings is 2. The van der Waals surface area contributed by atoms with Gasteiger partial charge in [-0.3, -0.25) is 4.79 Å². The molecule has 0 aromatic heterocycles. The second-order valence-electron chi connectivity index (χ2n) is 5.83. The van der Waals surface area contributed by atoms with E-state index in [1.165, 1.54) is 0 Å². The van der Waals surface area contributed by atoms with Crippen LogP contribution in [0.25, 0.3) is 0 Å². The molecule has 2 rings (SSSR count). The molecule has 3 heteroatoms. The van der Waals surface area contributed by atoms with E-state index in [-0.39, 0.29) is 11.3 Å². The quantitative estimate of drug-likeness (QED) is 0.889. The van der Waals surface area contributed by atoms with Gasteiger partial charge < -0.3 is 5.32 Å². The SMILES string of the molecule is CC(C)(CNC(=O)Cc1ccccc1)c1ccc(Cl)cc1. The molecular weight excluding hydrogens is 282 g/mol. The molecule has 0 spiro atoms. The van der Waals surface area contributed by atoms with Gasteiger partial charge in [-0.2, -0.15) is 0 Å². The smallest absolute Gasteiger partial charge is 0.224 e. The van der Waals surface area contributed by atoms with Crippen molar-refractivity contribution in [1.29, 1.82) is 0 Å². The van der Waals surface area contributed by atoms with Gasteiger partial charge in [-0.05, 0) is 23.3 Å². The lowest BCUT2D eigenvalue weighted by atomic mass is 9.84. The third kappa shape index (κ3) is 4.61. The zero-order valence-electron chi connectivity index (χ0n) is 12.4. The van der Waals surface area contributed by atoms with Crippen LogP contribution in [0.1, 0.15) is 25.0 Å². The lowest BCUT2D eigenvalue weighted by Crippen LogP contribution is -2.37. The van der Waals surface area contributed by atoms with Crippen LogP contribution in [-0.4, -0.2) is 12.5 Å². The highest BCUT2D eigenvalue weighted by Gasteiger charge is 2.21. The van der Waals surface area contributed by atoms with Gasteiger partial charge in [0.25, 0.3) is 0 Å². The predicted octanol–water partition coefficient (Wildman–Crippen LogP) is 3.98. The van der Waals surface area contributed by atoms with Crippen molar-refractivity contribution in [3.05, 3.63) is 70.7 Å². The van der Waals surface area contributed by atoms with Gasteiger partial charge in [0.15, 0.2) is 0 Å². The van der Waals surface area contributed by atoms with Gasteiger partial charge in [-0.25, -0.2) is 0 Å². The van der Waals surface area contributed by atoms with Crippen LogP contribution in [-0.2, 0) is 16.6 Å². The Hall–Kier alpha value is -1.80. The molecule has 0 radical (unpaired) electrons. The first-order valence-electron chi connectivity index (χ1n) is 7.04. The van der Waals surface area contributed by atoms with Crippen molar-refractivity contribution in [3.8, 4) is 0 Å². The molecule has 2 nitrogen and oxygen atoms in total. The number of hydrogen-bond donors (Lipinski definition) is 1. The van der Waals surface area contributed by atoms with E-state index in [0.29, 0.717) is 13.0 Å². The normalized spacial score (nSPS) is 11.2. The number of hydrogen-bond acceptors (Lipinski definition) is 1. The fraction of sp³-hybridized carbons (Fsp3) is 0.278. The number of rotatable bonds is 5. The molecule has 2 aromatic carbocycles. The van der Waals surface area contributed by atoms with E-state index in [1.807, 2.05) is 54.6 Å². The van der Waals surface area contributed by atoms with E-state index in [2.05, 4.69) is 19.2 Å². The third-order valence-corrected chi connectivity index (χ3v) is 3.81. The van der Waals surface area contributed by atoms with Crippen molar-refractivity contribution >= 4 is 17.5 Å². The van der Waals surface area contributed by atoms with Gasteiger partial charge >= 0.3 is 0 Å². The Kier molecular flexibility index (Phi) is 5.03. The molecule has 0 aliphatic heterocycles. The molecule has 0 aliphatic carbocycles. The number of carbonyl (C=O) groups is 1. The van der Waals surface area contributed by atoms with Crippen molar-refractivity contribution in [3.63, 3.8) is 0 Å². The molecule has 0 aliphatic rings. The summed E-state index contributed by atoms with van der Waals surface area (Å²) in [7, 11) is 0. The van der Waals surface area contributed by atoms with Crippen LogP contribution in [0.2, 0.25) is 5.02 Å².